The smallest absolute Gasteiger partial charge is 0.326 e. The van der Waals surface area contributed by atoms with Crippen LogP contribution in [0.15, 0.2) is 30.9 Å². The largest absolute Gasteiger partial charge is 0.493 e. The lowest BCUT2D eigenvalue weighted by Crippen LogP contribution is -2.44. The lowest BCUT2D eigenvalue weighted by Gasteiger charge is -2.15. The molecule has 2 rings (SSSR count). The van der Waals surface area contributed by atoms with Gasteiger partial charge < -0.3 is 19.9 Å². The van der Waals surface area contributed by atoms with Crippen LogP contribution in [-0.4, -0.2) is 36.7 Å². The number of carboxylic acid groups (broad SMARTS) is 1. The number of aliphatic carboxylic acids is 1. The second-order valence-electron chi connectivity index (χ2n) is 5.49. The quantitative estimate of drug-likeness (QED) is 0.678. The summed E-state index contributed by atoms with van der Waals surface area (Å²) in [5.74, 6) is -0.471. The van der Waals surface area contributed by atoms with Crippen LogP contribution >= 0.6 is 0 Å². The number of methoxy groups -OCH3 is 1. The summed E-state index contributed by atoms with van der Waals surface area (Å²) in [5, 5.41) is 11.6. The van der Waals surface area contributed by atoms with Crippen molar-refractivity contribution in [3.05, 3.63) is 36.4 Å². The third kappa shape index (κ3) is 4.74. The van der Waals surface area contributed by atoms with Gasteiger partial charge in [-0.3, -0.25) is 4.79 Å². The van der Waals surface area contributed by atoms with Crippen molar-refractivity contribution >= 4 is 11.9 Å². The first-order valence-corrected chi connectivity index (χ1v) is 7.48. The maximum atomic E-state index is 11.9. The highest BCUT2D eigenvalue weighted by Crippen LogP contribution is 2.33. The van der Waals surface area contributed by atoms with Crippen molar-refractivity contribution in [2.75, 3.05) is 13.7 Å². The molecule has 1 atom stereocenters. The molecule has 1 aromatic carbocycles. The maximum Gasteiger partial charge on any atom is 0.326 e. The van der Waals surface area contributed by atoms with Gasteiger partial charge in [0.25, 0.3) is 5.91 Å². The highest BCUT2D eigenvalue weighted by atomic mass is 16.5. The SMILES string of the molecule is C=CCc1ccc(OCC(=O)NC(C(=O)O)C2CC2)c(OC)c1. The predicted octanol–water partition coefficient (Wildman–Crippen LogP) is 1.78. The second kappa shape index (κ2) is 7.67. The molecular formula is C17H21NO5. The van der Waals surface area contributed by atoms with Gasteiger partial charge in [-0.15, -0.1) is 6.58 Å². The van der Waals surface area contributed by atoms with Gasteiger partial charge in [0.15, 0.2) is 18.1 Å². The van der Waals surface area contributed by atoms with E-state index < -0.39 is 17.9 Å². The number of hydrogen-bond donors (Lipinski definition) is 2. The molecule has 124 valence electrons. The number of ether oxygens (including phenoxy) is 2. The van der Waals surface area contributed by atoms with Gasteiger partial charge in [0.2, 0.25) is 0 Å². The minimum Gasteiger partial charge on any atom is -0.493 e. The Hall–Kier alpha value is -2.50. The van der Waals surface area contributed by atoms with Gasteiger partial charge in [-0.2, -0.15) is 0 Å². The minimum atomic E-state index is -1.01. The van der Waals surface area contributed by atoms with Crippen LogP contribution in [-0.2, 0) is 16.0 Å². The molecule has 0 saturated heterocycles. The molecule has 0 aromatic heterocycles. The summed E-state index contributed by atoms with van der Waals surface area (Å²) in [7, 11) is 1.52. The van der Waals surface area contributed by atoms with Gasteiger partial charge in [-0.05, 0) is 42.9 Å². The van der Waals surface area contributed by atoms with Crippen LogP contribution in [0.25, 0.3) is 0 Å². The zero-order valence-electron chi connectivity index (χ0n) is 13.1. The Bertz CT molecular complexity index is 595. The van der Waals surface area contributed by atoms with E-state index in [1.165, 1.54) is 7.11 Å². The third-order valence-corrected chi connectivity index (χ3v) is 3.64. The minimum absolute atomic E-state index is 0.0316. The van der Waals surface area contributed by atoms with Crippen molar-refractivity contribution in [3.63, 3.8) is 0 Å². The summed E-state index contributed by atoms with van der Waals surface area (Å²) in [5.41, 5.74) is 1.02. The van der Waals surface area contributed by atoms with Gasteiger partial charge in [-0.1, -0.05) is 12.1 Å². The molecule has 1 saturated carbocycles. The average Bonchev–Trinajstić information content (AvgIpc) is 3.35. The van der Waals surface area contributed by atoms with E-state index in [9.17, 15) is 9.59 Å². The van der Waals surface area contributed by atoms with E-state index >= 15 is 0 Å². The van der Waals surface area contributed by atoms with Crippen molar-refractivity contribution in [2.45, 2.75) is 25.3 Å². The van der Waals surface area contributed by atoms with Crippen LogP contribution in [0.2, 0.25) is 0 Å². The molecule has 1 amide bonds. The van der Waals surface area contributed by atoms with Crippen molar-refractivity contribution in [1.29, 1.82) is 0 Å². The molecule has 1 fully saturated rings. The zero-order chi connectivity index (χ0) is 16.8. The van der Waals surface area contributed by atoms with Crippen LogP contribution < -0.4 is 14.8 Å². The number of hydrogen-bond acceptors (Lipinski definition) is 4. The monoisotopic (exact) mass is 319 g/mol. The normalized spacial score (nSPS) is 14.7. The third-order valence-electron chi connectivity index (χ3n) is 3.64. The molecule has 1 aliphatic rings. The number of carbonyl (C=O) groups is 2. The molecule has 6 nitrogen and oxygen atoms in total. The number of amides is 1. The fourth-order valence-corrected chi connectivity index (χ4v) is 2.29. The Morgan fingerprint density at radius 1 is 1.43 bits per heavy atom. The molecule has 0 spiro atoms. The fourth-order valence-electron chi connectivity index (χ4n) is 2.29. The summed E-state index contributed by atoms with van der Waals surface area (Å²) in [6.45, 7) is 3.43. The van der Waals surface area contributed by atoms with E-state index in [1.54, 1.807) is 12.1 Å². The van der Waals surface area contributed by atoms with Gasteiger partial charge >= 0.3 is 5.97 Å². The van der Waals surface area contributed by atoms with Gasteiger partial charge in [0.05, 0.1) is 7.11 Å². The Morgan fingerprint density at radius 2 is 2.17 bits per heavy atom. The number of benzene rings is 1. The molecular weight excluding hydrogens is 298 g/mol. The lowest BCUT2D eigenvalue weighted by atomic mass is 10.1. The van der Waals surface area contributed by atoms with Crippen LogP contribution in [0.5, 0.6) is 11.5 Å². The summed E-state index contributed by atoms with van der Waals surface area (Å²) in [6, 6.07) is 4.57. The summed E-state index contributed by atoms with van der Waals surface area (Å²) >= 11 is 0. The molecule has 2 N–H and O–H groups in total. The van der Waals surface area contributed by atoms with Gasteiger partial charge in [-0.25, -0.2) is 4.79 Å². The predicted molar refractivity (Wildman–Crippen MR) is 84.7 cm³/mol. The highest BCUT2D eigenvalue weighted by molar-refractivity contribution is 5.84. The van der Waals surface area contributed by atoms with Crippen molar-refractivity contribution in [1.82, 2.24) is 5.32 Å². The summed E-state index contributed by atoms with van der Waals surface area (Å²) in [6.07, 6.45) is 4.15. The van der Waals surface area contributed by atoms with Crippen LogP contribution in [0.4, 0.5) is 0 Å². The first kappa shape index (κ1) is 16.9. The number of allylic oxidation sites excluding steroid dienone is 1. The van der Waals surface area contributed by atoms with E-state index in [2.05, 4.69) is 11.9 Å². The number of rotatable bonds is 9. The van der Waals surface area contributed by atoms with Crippen LogP contribution in [0, 0.1) is 5.92 Å². The average molecular weight is 319 g/mol. The molecule has 1 aliphatic carbocycles. The van der Waals surface area contributed by atoms with Crippen molar-refractivity contribution in [2.24, 2.45) is 5.92 Å². The Labute approximate surface area is 135 Å². The fraction of sp³-hybridized carbons (Fsp3) is 0.412. The van der Waals surface area contributed by atoms with Crippen molar-refractivity contribution < 1.29 is 24.2 Å². The van der Waals surface area contributed by atoms with E-state index in [0.717, 1.165) is 18.4 Å². The Kier molecular flexibility index (Phi) is 5.62. The number of nitrogens with one attached hydrogen (secondary N) is 1. The topological polar surface area (TPSA) is 84.9 Å². The second-order valence-corrected chi connectivity index (χ2v) is 5.49. The van der Waals surface area contributed by atoms with Crippen molar-refractivity contribution in [3.8, 4) is 11.5 Å². The summed E-state index contributed by atoms with van der Waals surface area (Å²) in [4.78, 5) is 23.0. The lowest BCUT2D eigenvalue weighted by molar-refractivity contribution is -0.142. The molecule has 6 heteroatoms. The van der Waals surface area contributed by atoms with Crippen LogP contribution in [0.3, 0.4) is 0 Å². The molecule has 0 bridgehead atoms. The van der Waals surface area contributed by atoms with Gasteiger partial charge in [0.1, 0.15) is 6.04 Å². The van der Waals surface area contributed by atoms with E-state index in [1.807, 2.05) is 12.1 Å². The maximum absolute atomic E-state index is 11.9. The Morgan fingerprint density at radius 3 is 2.74 bits per heavy atom. The first-order chi connectivity index (χ1) is 11.0. The number of carbonyl (C=O) groups excluding carboxylic acids is 1. The molecule has 1 unspecified atom stereocenters. The molecule has 0 aliphatic heterocycles. The van der Waals surface area contributed by atoms with E-state index in [-0.39, 0.29) is 12.5 Å². The highest BCUT2D eigenvalue weighted by Gasteiger charge is 2.37. The molecule has 23 heavy (non-hydrogen) atoms. The summed E-state index contributed by atoms with van der Waals surface area (Å²) < 4.78 is 10.7. The molecule has 1 aromatic rings. The van der Waals surface area contributed by atoms with Gasteiger partial charge in [0, 0.05) is 0 Å². The van der Waals surface area contributed by atoms with E-state index in [0.29, 0.717) is 17.9 Å². The van der Waals surface area contributed by atoms with E-state index in [4.69, 9.17) is 14.6 Å². The molecule has 0 heterocycles. The Balaban J connectivity index is 1.92. The standard InChI is InChI=1S/C17H21NO5/c1-3-4-11-5-8-13(14(9-11)22-2)23-10-15(19)18-16(17(20)21)12-6-7-12/h3,5,8-9,12,16H,1,4,6-7,10H2,2H3,(H,18,19)(H,20,21). The zero-order valence-corrected chi connectivity index (χ0v) is 13.1. The molecule has 0 radical (unpaired) electrons. The number of carboxylic acids is 1. The first-order valence-electron chi connectivity index (χ1n) is 7.48. The van der Waals surface area contributed by atoms with Crippen LogP contribution in [0.1, 0.15) is 18.4 Å².